The fourth-order valence-corrected chi connectivity index (χ4v) is 4.54. The molecule has 3 N–H and O–H groups in total. The maximum absolute atomic E-state index is 12.3. The van der Waals surface area contributed by atoms with Gasteiger partial charge in [-0.05, 0) is 43.2 Å². The Labute approximate surface area is 146 Å². The van der Waals surface area contributed by atoms with Crippen LogP contribution < -0.4 is 11.1 Å². The number of primary amides is 1. The van der Waals surface area contributed by atoms with Crippen LogP contribution in [-0.4, -0.2) is 23.9 Å². The average molecular weight is 364 g/mol. The Hall–Kier alpha value is -2.19. The molecule has 0 unspecified atom stereocenters. The molecular weight excluding hydrogens is 348 g/mol. The van der Waals surface area contributed by atoms with Gasteiger partial charge in [0.05, 0.1) is 5.56 Å². The monoisotopic (exact) mass is 364 g/mol. The van der Waals surface area contributed by atoms with E-state index in [0.29, 0.717) is 15.4 Å². The highest BCUT2D eigenvalue weighted by molar-refractivity contribution is 7.17. The van der Waals surface area contributed by atoms with Gasteiger partial charge in [-0.25, -0.2) is 4.79 Å². The van der Waals surface area contributed by atoms with Crippen LogP contribution in [0.25, 0.3) is 0 Å². The van der Waals surface area contributed by atoms with Crippen molar-refractivity contribution in [2.24, 2.45) is 5.73 Å². The van der Waals surface area contributed by atoms with E-state index in [1.54, 1.807) is 17.5 Å². The van der Waals surface area contributed by atoms with Crippen LogP contribution in [0.4, 0.5) is 5.00 Å². The Morgan fingerprint density at radius 3 is 2.79 bits per heavy atom. The average Bonchev–Trinajstić information content (AvgIpc) is 3.22. The van der Waals surface area contributed by atoms with E-state index >= 15 is 0 Å². The van der Waals surface area contributed by atoms with Gasteiger partial charge in [0.2, 0.25) is 0 Å². The maximum atomic E-state index is 12.3. The highest BCUT2D eigenvalue weighted by atomic mass is 32.1. The lowest BCUT2D eigenvalue weighted by atomic mass is 10.1. The minimum Gasteiger partial charge on any atom is -0.448 e. The van der Waals surface area contributed by atoms with Gasteiger partial charge in [-0.1, -0.05) is 6.07 Å². The number of hydrogen-bond acceptors (Lipinski definition) is 6. The quantitative estimate of drug-likeness (QED) is 0.797. The lowest BCUT2D eigenvalue weighted by Crippen LogP contribution is -2.30. The number of carbonyl (C=O) groups excluding carboxylic acids is 3. The summed E-state index contributed by atoms with van der Waals surface area (Å²) in [7, 11) is 0. The van der Waals surface area contributed by atoms with Crippen LogP contribution in [-0.2, 0) is 22.4 Å². The van der Waals surface area contributed by atoms with Crippen molar-refractivity contribution >= 4 is 45.5 Å². The SMILES string of the molecule is C[C@@H](OC(=O)c1cccs1)C(=O)Nc1sc2c(c1C(N)=O)CCC2. The number of nitrogens with two attached hydrogens (primary N) is 1. The molecule has 2 aromatic heterocycles. The highest BCUT2D eigenvalue weighted by Gasteiger charge is 2.28. The number of fused-ring (bicyclic) bond motifs is 1. The van der Waals surface area contributed by atoms with Crippen molar-refractivity contribution in [1.82, 2.24) is 0 Å². The van der Waals surface area contributed by atoms with Crippen molar-refractivity contribution in [3.05, 3.63) is 38.4 Å². The summed E-state index contributed by atoms with van der Waals surface area (Å²) >= 11 is 2.61. The van der Waals surface area contributed by atoms with Crippen LogP contribution in [0, 0.1) is 0 Å². The van der Waals surface area contributed by atoms with Crippen molar-refractivity contribution in [1.29, 1.82) is 0 Å². The summed E-state index contributed by atoms with van der Waals surface area (Å²) in [5.41, 5.74) is 6.78. The van der Waals surface area contributed by atoms with E-state index in [2.05, 4.69) is 5.32 Å². The summed E-state index contributed by atoms with van der Waals surface area (Å²) < 4.78 is 5.15. The third-order valence-corrected chi connectivity index (χ3v) is 5.84. The summed E-state index contributed by atoms with van der Waals surface area (Å²) in [6.07, 6.45) is 1.70. The molecule has 2 amide bonds. The van der Waals surface area contributed by atoms with Gasteiger partial charge in [-0.3, -0.25) is 9.59 Å². The lowest BCUT2D eigenvalue weighted by Gasteiger charge is -2.13. The molecule has 0 spiro atoms. The predicted molar refractivity (Wildman–Crippen MR) is 92.7 cm³/mol. The summed E-state index contributed by atoms with van der Waals surface area (Å²) in [6, 6.07) is 3.37. The molecule has 1 aliphatic rings. The number of aryl methyl sites for hydroxylation is 1. The largest absolute Gasteiger partial charge is 0.448 e. The minimum absolute atomic E-state index is 0.387. The molecule has 126 valence electrons. The number of anilines is 1. The number of thiophene rings is 2. The van der Waals surface area contributed by atoms with Crippen LogP contribution in [0.2, 0.25) is 0 Å². The Balaban J connectivity index is 1.71. The third kappa shape index (κ3) is 3.20. The molecule has 0 bridgehead atoms. The van der Waals surface area contributed by atoms with E-state index in [9.17, 15) is 14.4 Å². The minimum atomic E-state index is -0.975. The van der Waals surface area contributed by atoms with E-state index in [4.69, 9.17) is 10.5 Å². The van der Waals surface area contributed by atoms with Gasteiger partial charge in [0.15, 0.2) is 6.10 Å². The Kier molecular flexibility index (Phi) is 4.68. The first-order chi connectivity index (χ1) is 11.5. The number of nitrogens with one attached hydrogen (secondary N) is 1. The highest BCUT2D eigenvalue weighted by Crippen LogP contribution is 2.38. The maximum Gasteiger partial charge on any atom is 0.349 e. The van der Waals surface area contributed by atoms with Crippen LogP contribution in [0.15, 0.2) is 17.5 Å². The van der Waals surface area contributed by atoms with E-state index in [1.807, 2.05) is 0 Å². The van der Waals surface area contributed by atoms with Gasteiger partial charge in [0, 0.05) is 4.88 Å². The molecule has 0 saturated heterocycles. The topological polar surface area (TPSA) is 98.5 Å². The van der Waals surface area contributed by atoms with Crippen LogP contribution >= 0.6 is 22.7 Å². The zero-order chi connectivity index (χ0) is 17.3. The molecule has 0 aliphatic heterocycles. The summed E-state index contributed by atoms with van der Waals surface area (Å²) in [5, 5.41) is 4.88. The van der Waals surface area contributed by atoms with Gasteiger partial charge >= 0.3 is 5.97 Å². The van der Waals surface area contributed by atoms with Crippen molar-refractivity contribution < 1.29 is 19.1 Å². The molecule has 24 heavy (non-hydrogen) atoms. The van der Waals surface area contributed by atoms with Gasteiger partial charge < -0.3 is 15.8 Å². The second-order valence-electron chi connectivity index (χ2n) is 5.44. The number of amides is 2. The lowest BCUT2D eigenvalue weighted by molar-refractivity contribution is -0.123. The molecule has 2 heterocycles. The van der Waals surface area contributed by atoms with E-state index < -0.39 is 23.9 Å². The fraction of sp³-hybridized carbons (Fsp3) is 0.312. The predicted octanol–water partition coefficient (Wildman–Crippen LogP) is 2.58. The van der Waals surface area contributed by atoms with E-state index in [1.165, 1.54) is 29.6 Å². The molecule has 1 atom stereocenters. The van der Waals surface area contributed by atoms with Crippen molar-refractivity contribution in [2.75, 3.05) is 5.32 Å². The molecular formula is C16H16N2O4S2. The van der Waals surface area contributed by atoms with Crippen LogP contribution in [0.5, 0.6) is 0 Å². The standard InChI is InChI=1S/C16H16N2O4S2/c1-8(22-16(21)11-6-3-7-23-11)14(20)18-15-12(13(17)19)9-4-2-5-10(9)24-15/h3,6-8H,2,4-5H2,1H3,(H2,17,19)(H,18,20)/t8-/m1/s1. The van der Waals surface area contributed by atoms with Crippen molar-refractivity contribution in [3.63, 3.8) is 0 Å². The smallest absolute Gasteiger partial charge is 0.349 e. The molecule has 0 saturated carbocycles. The summed E-state index contributed by atoms with van der Waals surface area (Å²) in [5.74, 6) is -1.58. The zero-order valence-electron chi connectivity index (χ0n) is 13.0. The molecule has 1 aliphatic carbocycles. The molecule has 0 aromatic carbocycles. The van der Waals surface area contributed by atoms with Crippen LogP contribution in [0.3, 0.4) is 0 Å². The number of ether oxygens (including phenoxy) is 1. The molecule has 0 fully saturated rings. The van der Waals surface area contributed by atoms with Crippen molar-refractivity contribution in [3.8, 4) is 0 Å². The Morgan fingerprint density at radius 2 is 2.12 bits per heavy atom. The number of hydrogen-bond donors (Lipinski definition) is 2. The first-order valence-corrected chi connectivity index (χ1v) is 9.16. The number of carbonyl (C=O) groups is 3. The second-order valence-corrected chi connectivity index (χ2v) is 7.49. The Morgan fingerprint density at radius 1 is 1.33 bits per heavy atom. The second kappa shape index (κ2) is 6.74. The Bertz CT molecular complexity index is 795. The van der Waals surface area contributed by atoms with Gasteiger partial charge in [0.1, 0.15) is 9.88 Å². The van der Waals surface area contributed by atoms with E-state index in [-0.39, 0.29) is 0 Å². The van der Waals surface area contributed by atoms with Gasteiger partial charge in [-0.15, -0.1) is 22.7 Å². The van der Waals surface area contributed by atoms with Crippen molar-refractivity contribution in [2.45, 2.75) is 32.3 Å². The molecule has 2 aromatic rings. The third-order valence-electron chi connectivity index (χ3n) is 3.78. The summed E-state index contributed by atoms with van der Waals surface area (Å²) in [4.78, 5) is 37.4. The van der Waals surface area contributed by atoms with Gasteiger partial charge in [0.25, 0.3) is 11.8 Å². The molecule has 3 rings (SSSR count). The fourth-order valence-electron chi connectivity index (χ4n) is 2.63. The first kappa shape index (κ1) is 16.7. The molecule has 8 heteroatoms. The molecule has 0 radical (unpaired) electrons. The first-order valence-electron chi connectivity index (χ1n) is 7.47. The molecule has 6 nitrogen and oxygen atoms in total. The summed E-state index contributed by atoms with van der Waals surface area (Å²) in [6.45, 7) is 1.49. The van der Waals surface area contributed by atoms with E-state index in [0.717, 1.165) is 29.7 Å². The number of rotatable bonds is 5. The van der Waals surface area contributed by atoms with Crippen LogP contribution in [0.1, 0.15) is 43.8 Å². The zero-order valence-corrected chi connectivity index (χ0v) is 14.6. The number of esters is 1. The normalized spacial score (nSPS) is 14.0. The van der Waals surface area contributed by atoms with Gasteiger partial charge in [-0.2, -0.15) is 0 Å².